The van der Waals surface area contributed by atoms with E-state index >= 15 is 0 Å². The molecule has 0 aromatic heterocycles. The Morgan fingerprint density at radius 1 is 1.44 bits per heavy atom. The van der Waals surface area contributed by atoms with Gasteiger partial charge >= 0.3 is 0 Å². The number of nitrogens with zero attached hydrogens (tertiary/aromatic N) is 1. The molecule has 16 heavy (non-hydrogen) atoms. The highest BCUT2D eigenvalue weighted by molar-refractivity contribution is 6.30. The lowest BCUT2D eigenvalue weighted by molar-refractivity contribution is -0.129. The Bertz CT molecular complexity index is 390. The fourth-order valence-corrected chi connectivity index (χ4v) is 2.08. The van der Waals surface area contributed by atoms with Crippen LogP contribution in [0.3, 0.4) is 0 Å². The zero-order valence-electron chi connectivity index (χ0n) is 8.83. The zero-order chi connectivity index (χ0) is 11.5. The molecule has 0 heterocycles. The van der Waals surface area contributed by atoms with Gasteiger partial charge in [-0.1, -0.05) is 23.7 Å². The van der Waals surface area contributed by atoms with E-state index in [9.17, 15) is 4.79 Å². The Morgan fingerprint density at radius 3 is 2.75 bits per heavy atom. The molecule has 2 nitrogen and oxygen atoms in total. The fourth-order valence-electron chi connectivity index (χ4n) is 1.72. The lowest BCUT2D eigenvalue weighted by Crippen LogP contribution is -2.33. The van der Waals surface area contributed by atoms with E-state index in [1.54, 1.807) is 0 Å². The number of hydrogen-bond donors (Lipinski definition) is 0. The quantitative estimate of drug-likeness (QED) is 0.760. The van der Waals surface area contributed by atoms with Crippen molar-refractivity contribution in [1.29, 1.82) is 0 Å². The molecule has 1 aliphatic carbocycles. The largest absolute Gasteiger partial charge is 0.334 e. The van der Waals surface area contributed by atoms with Crippen molar-refractivity contribution in [3.05, 3.63) is 34.9 Å². The second kappa shape index (κ2) is 5.07. The van der Waals surface area contributed by atoms with Gasteiger partial charge in [0.2, 0.25) is 5.91 Å². The maximum atomic E-state index is 11.6. The summed E-state index contributed by atoms with van der Waals surface area (Å²) < 4.78 is 0. The summed E-state index contributed by atoms with van der Waals surface area (Å²) in [5, 5.41) is 0.701. The van der Waals surface area contributed by atoms with Gasteiger partial charge in [-0.3, -0.25) is 4.79 Å². The molecule has 0 N–H and O–H groups in total. The van der Waals surface area contributed by atoms with Crippen LogP contribution >= 0.6 is 23.2 Å². The molecule has 1 saturated carbocycles. The maximum Gasteiger partial charge on any atom is 0.238 e. The predicted octanol–water partition coefficient (Wildman–Crippen LogP) is 3.07. The highest BCUT2D eigenvalue weighted by Gasteiger charge is 2.31. The van der Waals surface area contributed by atoms with E-state index in [1.165, 1.54) is 0 Å². The molecule has 0 unspecified atom stereocenters. The van der Waals surface area contributed by atoms with Gasteiger partial charge in [0, 0.05) is 17.6 Å². The lowest BCUT2D eigenvalue weighted by atomic mass is 10.2. The molecule has 0 atom stereocenters. The van der Waals surface area contributed by atoms with E-state index in [0.29, 0.717) is 17.6 Å². The van der Waals surface area contributed by atoms with Gasteiger partial charge in [-0.2, -0.15) is 0 Å². The topological polar surface area (TPSA) is 20.3 Å². The molecular weight excluding hydrogens is 245 g/mol. The Morgan fingerprint density at radius 2 is 2.19 bits per heavy atom. The number of rotatable bonds is 4. The number of amides is 1. The van der Waals surface area contributed by atoms with Gasteiger partial charge in [-0.25, -0.2) is 0 Å². The number of carbonyl (C=O) groups is 1. The standard InChI is InChI=1S/C12H13Cl2NO/c13-7-12(16)15(11-4-5-11)8-9-2-1-3-10(14)6-9/h1-3,6,11H,4-5,7-8H2. The van der Waals surface area contributed by atoms with Gasteiger partial charge in [0.05, 0.1) is 0 Å². The van der Waals surface area contributed by atoms with Crippen LogP contribution in [0.1, 0.15) is 18.4 Å². The SMILES string of the molecule is O=C(CCl)N(Cc1cccc(Cl)c1)C1CC1. The van der Waals surface area contributed by atoms with Crippen LogP contribution in [0, 0.1) is 0 Å². The Labute approximate surface area is 105 Å². The third-order valence-electron chi connectivity index (χ3n) is 2.66. The summed E-state index contributed by atoms with van der Waals surface area (Å²) in [5.74, 6) is 0.0565. The molecule has 2 rings (SSSR count). The predicted molar refractivity (Wildman–Crippen MR) is 65.7 cm³/mol. The number of halogens is 2. The molecule has 0 radical (unpaired) electrons. The number of benzene rings is 1. The van der Waals surface area contributed by atoms with E-state index < -0.39 is 0 Å². The van der Waals surface area contributed by atoms with Crippen molar-refractivity contribution >= 4 is 29.1 Å². The van der Waals surface area contributed by atoms with Crippen LogP contribution < -0.4 is 0 Å². The molecule has 1 amide bonds. The minimum absolute atomic E-state index is 0.00384. The van der Waals surface area contributed by atoms with Crippen molar-refractivity contribution in [2.75, 3.05) is 5.88 Å². The molecule has 0 aliphatic heterocycles. The lowest BCUT2D eigenvalue weighted by Gasteiger charge is -2.21. The van der Waals surface area contributed by atoms with Crippen molar-refractivity contribution in [2.45, 2.75) is 25.4 Å². The summed E-state index contributed by atoms with van der Waals surface area (Å²) >= 11 is 11.5. The van der Waals surface area contributed by atoms with E-state index in [4.69, 9.17) is 23.2 Å². The molecule has 4 heteroatoms. The van der Waals surface area contributed by atoms with Crippen molar-refractivity contribution < 1.29 is 4.79 Å². The molecule has 1 aromatic carbocycles. The van der Waals surface area contributed by atoms with E-state index in [0.717, 1.165) is 18.4 Å². The summed E-state index contributed by atoms with van der Waals surface area (Å²) in [4.78, 5) is 13.5. The summed E-state index contributed by atoms with van der Waals surface area (Å²) in [6.45, 7) is 0.608. The monoisotopic (exact) mass is 257 g/mol. The maximum absolute atomic E-state index is 11.6. The van der Waals surface area contributed by atoms with Gasteiger partial charge in [0.25, 0.3) is 0 Å². The molecule has 1 aromatic rings. The normalized spacial score (nSPS) is 14.9. The molecule has 1 fully saturated rings. The molecule has 86 valence electrons. The number of hydrogen-bond acceptors (Lipinski definition) is 1. The fraction of sp³-hybridized carbons (Fsp3) is 0.417. The molecule has 0 saturated heterocycles. The third-order valence-corrected chi connectivity index (χ3v) is 3.13. The third kappa shape index (κ3) is 2.89. The van der Waals surface area contributed by atoms with Crippen LogP contribution in [0.2, 0.25) is 5.02 Å². The second-order valence-corrected chi connectivity index (χ2v) is 4.72. The van der Waals surface area contributed by atoms with Gasteiger partial charge in [0.1, 0.15) is 5.88 Å². The summed E-state index contributed by atoms with van der Waals surface area (Å²) in [7, 11) is 0. The van der Waals surface area contributed by atoms with Gasteiger partial charge < -0.3 is 4.90 Å². The summed E-state index contributed by atoms with van der Waals surface area (Å²) in [6, 6.07) is 7.97. The smallest absolute Gasteiger partial charge is 0.238 e. The van der Waals surface area contributed by atoms with Crippen molar-refractivity contribution in [3.8, 4) is 0 Å². The van der Waals surface area contributed by atoms with Crippen LogP contribution in [0.15, 0.2) is 24.3 Å². The van der Waals surface area contributed by atoms with E-state index in [2.05, 4.69) is 0 Å². The Hall–Kier alpha value is -0.730. The first-order chi connectivity index (χ1) is 7.70. The molecular formula is C12H13Cl2NO. The van der Waals surface area contributed by atoms with Crippen molar-refractivity contribution in [3.63, 3.8) is 0 Å². The number of alkyl halides is 1. The number of carbonyl (C=O) groups excluding carboxylic acids is 1. The van der Waals surface area contributed by atoms with Gasteiger partial charge in [0.15, 0.2) is 0 Å². The van der Waals surface area contributed by atoms with E-state index in [-0.39, 0.29) is 11.8 Å². The molecule has 1 aliphatic rings. The average molecular weight is 258 g/mol. The average Bonchev–Trinajstić information content (AvgIpc) is 3.09. The second-order valence-electron chi connectivity index (χ2n) is 4.02. The summed E-state index contributed by atoms with van der Waals surface area (Å²) in [6.07, 6.45) is 2.17. The van der Waals surface area contributed by atoms with Crippen molar-refractivity contribution in [2.24, 2.45) is 0 Å². The van der Waals surface area contributed by atoms with Gasteiger partial charge in [-0.05, 0) is 30.5 Å². The first-order valence-electron chi connectivity index (χ1n) is 5.30. The first kappa shape index (κ1) is 11.7. The Balaban J connectivity index is 2.08. The van der Waals surface area contributed by atoms with Crippen LogP contribution in [-0.2, 0) is 11.3 Å². The van der Waals surface area contributed by atoms with Crippen molar-refractivity contribution in [1.82, 2.24) is 4.90 Å². The van der Waals surface area contributed by atoms with Crippen LogP contribution in [0.25, 0.3) is 0 Å². The highest BCUT2D eigenvalue weighted by Crippen LogP contribution is 2.29. The molecule has 0 spiro atoms. The zero-order valence-corrected chi connectivity index (χ0v) is 10.3. The van der Waals surface area contributed by atoms with Crippen LogP contribution in [0.5, 0.6) is 0 Å². The molecule has 0 bridgehead atoms. The minimum atomic E-state index is 0.00384. The Kier molecular flexibility index (Phi) is 3.72. The van der Waals surface area contributed by atoms with Crippen LogP contribution in [0.4, 0.5) is 0 Å². The summed E-state index contributed by atoms with van der Waals surface area (Å²) in [5.41, 5.74) is 1.05. The van der Waals surface area contributed by atoms with Crippen LogP contribution in [-0.4, -0.2) is 22.7 Å². The first-order valence-corrected chi connectivity index (χ1v) is 6.22. The highest BCUT2D eigenvalue weighted by atomic mass is 35.5. The minimum Gasteiger partial charge on any atom is -0.334 e. The van der Waals surface area contributed by atoms with Gasteiger partial charge in [-0.15, -0.1) is 11.6 Å². The van der Waals surface area contributed by atoms with E-state index in [1.807, 2.05) is 29.2 Å².